The van der Waals surface area contributed by atoms with Gasteiger partial charge in [0.05, 0.1) is 12.0 Å². The maximum atomic E-state index is 4.48. The number of likely N-dealkylation sites (N-methyl/N-ethyl adjacent to an activating group) is 1. The highest BCUT2D eigenvalue weighted by molar-refractivity contribution is 9.10. The van der Waals surface area contributed by atoms with E-state index in [1.165, 1.54) is 0 Å². The summed E-state index contributed by atoms with van der Waals surface area (Å²) in [5.74, 6) is 0. The highest BCUT2D eigenvalue weighted by atomic mass is 79.9. The summed E-state index contributed by atoms with van der Waals surface area (Å²) in [5, 5.41) is 0. The SMILES string of the molecule is C=C1c2cccc(Br)c2N=CN1CCN(C)C. The zero-order valence-electron chi connectivity index (χ0n) is 10.2. The molecule has 4 heteroatoms. The van der Waals surface area contributed by atoms with Crippen molar-refractivity contribution in [3.8, 4) is 0 Å². The molecule has 1 aromatic rings. The van der Waals surface area contributed by atoms with Gasteiger partial charge in [-0.25, -0.2) is 4.99 Å². The molecule has 17 heavy (non-hydrogen) atoms. The lowest BCUT2D eigenvalue weighted by molar-refractivity contribution is 0.377. The summed E-state index contributed by atoms with van der Waals surface area (Å²) < 4.78 is 1.01. The van der Waals surface area contributed by atoms with Crippen LogP contribution in [0.1, 0.15) is 5.56 Å². The third-order valence-electron chi connectivity index (χ3n) is 2.76. The molecule has 3 nitrogen and oxygen atoms in total. The van der Waals surface area contributed by atoms with Crippen LogP contribution in [0, 0.1) is 0 Å². The molecular formula is C13H16BrN3. The third-order valence-corrected chi connectivity index (χ3v) is 3.40. The van der Waals surface area contributed by atoms with Gasteiger partial charge in [-0.05, 0) is 36.1 Å². The molecule has 1 heterocycles. The summed E-state index contributed by atoms with van der Waals surface area (Å²) in [6.45, 7) is 6.04. The minimum absolute atomic E-state index is 0.904. The van der Waals surface area contributed by atoms with Gasteiger partial charge in [-0.2, -0.15) is 0 Å². The van der Waals surface area contributed by atoms with E-state index in [9.17, 15) is 0 Å². The van der Waals surface area contributed by atoms with Gasteiger partial charge in [-0.3, -0.25) is 0 Å². The molecule has 0 amide bonds. The van der Waals surface area contributed by atoms with Crippen LogP contribution in [0.15, 0.2) is 34.2 Å². The number of para-hydroxylation sites is 1. The molecule has 0 saturated heterocycles. The zero-order valence-corrected chi connectivity index (χ0v) is 11.7. The van der Waals surface area contributed by atoms with E-state index in [1.54, 1.807) is 0 Å². The minimum atomic E-state index is 0.904. The van der Waals surface area contributed by atoms with Gasteiger partial charge in [0.25, 0.3) is 0 Å². The lowest BCUT2D eigenvalue weighted by atomic mass is 10.1. The number of rotatable bonds is 3. The number of benzene rings is 1. The highest BCUT2D eigenvalue weighted by Crippen LogP contribution is 2.36. The molecule has 0 aromatic heterocycles. The molecule has 0 fully saturated rings. The van der Waals surface area contributed by atoms with E-state index >= 15 is 0 Å². The van der Waals surface area contributed by atoms with Crippen molar-refractivity contribution in [2.75, 3.05) is 27.2 Å². The average molecular weight is 294 g/mol. The van der Waals surface area contributed by atoms with E-state index in [2.05, 4.69) is 57.5 Å². The van der Waals surface area contributed by atoms with Crippen molar-refractivity contribution in [2.45, 2.75) is 0 Å². The van der Waals surface area contributed by atoms with Gasteiger partial charge in [0.1, 0.15) is 0 Å². The molecule has 0 bridgehead atoms. The van der Waals surface area contributed by atoms with Gasteiger partial charge in [0.15, 0.2) is 0 Å². The quantitative estimate of drug-likeness (QED) is 0.853. The fraction of sp³-hybridized carbons (Fsp3) is 0.308. The van der Waals surface area contributed by atoms with Crippen LogP contribution in [0.4, 0.5) is 5.69 Å². The first-order valence-electron chi connectivity index (χ1n) is 5.53. The Morgan fingerprint density at radius 1 is 1.41 bits per heavy atom. The summed E-state index contributed by atoms with van der Waals surface area (Å²) in [6, 6.07) is 6.07. The maximum absolute atomic E-state index is 4.48. The highest BCUT2D eigenvalue weighted by Gasteiger charge is 2.17. The maximum Gasteiger partial charge on any atom is 0.0958 e. The third kappa shape index (κ3) is 2.58. The van der Waals surface area contributed by atoms with Gasteiger partial charge in [-0.1, -0.05) is 18.7 Å². The molecule has 0 saturated carbocycles. The van der Waals surface area contributed by atoms with Crippen LogP contribution in [0.25, 0.3) is 5.70 Å². The van der Waals surface area contributed by atoms with Crippen molar-refractivity contribution in [3.63, 3.8) is 0 Å². The van der Waals surface area contributed by atoms with Crippen molar-refractivity contribution in [1.82, 2.24) is 9.80 Å². The lowest BCUT2D eigenvalue weighted by Crippen LogP contribution is -2.30. The molecule has 90 valence electrons. The molecule has 1 aliphatic heterocycles. The van der Waals surface area contributed by atoms with E-state index in [-0.39, 0.29) is 0 Å². The van der Waals surface area contributed by atoms with Crippen molar-refractivity contribution in [3.05, 3.63) is 34.8 Å². The van der Waals surface area contributed by atoms with Crippen LogP contribution in [-0.2, 0) is 0 Å². The van der Waals surface area contributed by atoms with Crippen molar-refractivity contribution in [2.24, 2.45) is 4.99 Å². The van der Waals surface area contributed by atoms with E-state index in [0.29, 0.717) is 0 Å². The van der Waals surface area contributed by atoms with Crippen molar-refractivity contribution < 1.29 is 0 Å². The summed E-state index contributed by atoms with van der Waals surface area (Å²) in [7, 11) is 4.13. The molecule has 0 atom stereocenters. The average Bonchev–Trinajstić information content (AvgIpc) is 2.29. The standard InChI is InChI=1S/C13H16BrN3/c1-10-11-5-4-6-12(14)13(11)15-9-17(10)8-7-16(2)3/h4-6,9H,1,7-8H2,2-3H3. The van der Waals surface area contributed by atoms with E-state index in [0.717, 1.165) is 34.5 Å². The number of hydrogen-bond acceptors (Lipinski definition) is 3. The number of nitrogens with zero attached hydrogens (tertiary/aromatic N) is 3. The van der Waals surface area contributed by atoms with Crippen molar-refractivity contribution >= 4 is 33.7 Å². The molecule has 1 aliphatic rings. The fourth-order valence-corrected chi connectivity index (χ4v) is 2.20. The Labute approximate surface area is 111 Å². The normalized spacial score (nSPS) is 14.4. The summed E-state index contributed by atoms with van der Waals surface area (Å²) in [5.41, 5.74) is 3.08. The Kier molecular flexibility index (Phi) is 3.64. The van der Waals surface area contributed by atoms with Crippen LogP contribution < -0.4 is 0 Å². The van der Waals surface area contributed by atoms with Crippen LogP contribution in [-0.4, -0.2) is 43.3 Å². The van der Waals surface area contributed by atoms with E-state index in [1.807, 2.05) is 18.5 Å². The molecule has 1 aromatic carbocycles. The molecular weight excluding hydrogens is 278 g/mol. The second-order valence-corrected chi connectivity index (χ2v) is 5.18. The minimum Gasteiger partial charge on any atom is -0.331 e. The second kappa shape index (κ2) is 5.02. The van der Waals surface area contributed by atoms with Crippen LogP contribution in [0.3, 0.4) is 0 Å². The molecule has 0 radical (unpaired) electrons. The molecule has 0 aliphatic carbocycles. The molecule has 0 N–H and O–H groups in total. The van der Waals surface area contributed by atoms with Gasteiger partial charge in [0, 0.05) is 28.8 Å². The number of aliphatic imine (C=N–C) groups is 1. The Bertz CT molecular complexity index is 466. The monoisotopic (exact) mass is 293 g/mol. The lowest BCUT2D eigenvalue weighted by Gasteiger charge is -2.28. The summed E-state index contributed by atoms with van der Waals surface area (Å²) >= 11 is 3.51. The summed E-state index contributed by atoms with van der Waals surface area (Å²) in [6.07, 6.45) is 1.86. The number of fused-ring (bicyclic) bond motifs is 1. The topological polar surface area (TPSA) is 18.8 Å². The predicted octanol–water partition coefficient (Wildman–Crippen LogP) is 2.96. The first-order valence-corrected chi connectivity index (χ1v) is 6.32. The van der Waals surface area contributed by atoms with E-state index in [4.69, 9.17) is 0 Å². The van der Waals surface area contributed by atoms with Gasteiger partial charge >= 0.3 is 0 Å². The zero-order chi connectivity index (χ0) is 12.4. The predicted molar refractivity (Wildman–Crippen MR) is 76.6 cm³/mol. The second-order valence-electron chi connectivity index (χ2n) is 4.32. The number of hydrogen-bond donors (Lipinski definition) is 0. The first kappa shape index (κ1) is 12.3. The summed E-state index contributed by atoms with van der Waals surface area (Å²) in [4.78, 5) is 8.72. The largest absolute Gasteiger partial charge is 0.331 e. The molecule has 0 unspecified atom stereocenters. The van der Waals surface area contributed by atoms with E-state index < -0.39 is 0 Å². The fourth-order valence-electron chi connectivity index (χ4n) is 1.73. The Hall–Kier alpha value is -1.13. The smallest absolute Gasteiger partial charge is 0.0958 e. The Balaban J connectivity index is 2.22. The Morgan fingerprint density at radius 3 is 2.88 bits per heavy atom. The van der Waals surface area contributed by atoms with Gasteiger partial charge < -0.3 is 9.80 Å². The first-order chi connectivity index (χ1) is 8.09. The Morgan fingerprint density at radius 2 is 2.18 bits per heavy atom. The number of halogens is 1. The van der Waals surface area contributed by atoms with Crippen LogP contribution in [0.2, 0.25) is 0 Å². The van der Waals surface area contributed by atoms with Crippen LogP contribution in [0.5, 0.6) is 0 Å². The van der Waals surface area contributed by atoms with Crippen LogP contribution >= 0.6 is 15.9 Å². The van der Waals surface area contributed by atoms with Crippen molar-refractivity contribution in [1.29, 1.82) is 0 Å². The van der Waals surface area contributed by atoms with Gasteiger partial charge in [-0.15, -0.1) is 0 Å². The molecule has 2 rings (SSSR count). The van der Waals surface area contributed by atoms with Gasteiger partial charge in [0.2, 0.25) is 0 Å². The molecule has 0 spiro atoms.